The summed E-state index contributed by atoms with van der Waals surface area (Å²) in [7, 11) is 0. The Kier molecular flexibility index (Phi) is 5.06. The Labute approximate surface area is 97.4 Å². The van der Waals surface area contributed by atoms with Gasteiger partial charge in [-0.1, -0.05) is 34.1 Å². The van der Waals surface area contributed by atoms with Gasteiger partial charge >= 0.3 is 0 Å². The van der Waals surface area contributed by atoms with Gasteiger partial charge in [0.05, 0.1) is 12.5 Å². The molecule has 0 spiro atoms. The van der Waals surface area contributed by atoms with E-state index in [4.69, 9.17) is 5.26 Å². The average molecular weight is 268 g/mol. The first-order chi connectivity index (χ1) is 7.27. The summed E-state index contributed by atoms with van der Waals surface area (Å²) < 4.78 is 13.2. The van der Waals surface area contributed by atoms with E-state index in [2.05, 4.69) is 15.9 Å². The highest BCUT2D eigenvalue weighted by atomic mass is 79.9. The van der Waals surface area contributed by atoms with Crippen molar-refractivity contribution in [3.63, 3.8) is 0 Å². The monoisotopic (exact) mass is 267 g/mol. The first-order valence-electron chi connectivity index (χ1n) is 4.66. The number of halogens is 2. The smallest absolute Gasteiger partial charge is 0.127 e. The molecule has 0 fully saturated rings. The molecule has 3 heteroatoms. The fourth-order valence-electron chi connectivity index (χ4n) is 1.20. The molecule has 0 bridgehead atoms. The minimum atomic E-state index is -0.311. The Hall–Kier alpha value is -1.14. The lowest BCUT2D eigenvalue weighted by atomic mass is 10.1. The van der Waals surface area contributed by atoms with E-state index in [1.165, 1.54) is 6.07 Å². The predicted molar refractivity (Wildman–Crippen MR) is 63.2 cm³/mol. The number of benzene rings is 1. The van der Waals surface area contributed by atoms with Gasteiger partial charge < -0.3 is 0 Å². The van der Waals surface area contributed by atoms with Crippen molar-refractivity contribution in [2.24, 2.45) is 0 Å². The molecule has 0 atom stereocenters. The Morgan fingerprint density at radius 1 is 1.47 bits per heavy atom. The lowest BCUT2D eigenvalue weighted by Gasteiger charge is -1.99. The minimum Gasteiger partial charge on any atom is -0.207 e. The molecule has 0 radical (unpaired) electrons. The van der Waals surface area contributed by atoms with Gasteiger partial charge in [0, 0.05) is 10.9 Å². The quantitative estimate of drug-likeness (QED) is 0.764. The van der Waals surface area contributed by atoms with Crippen molar-refractivity contribution in [3.05, 3.63) is 41.2 Å². The third-order valence-electron chi connectivity index (χ3n) is 1.93. The largest absolute Gasteiger partial charge is 0.207 e. The molecule has 0 saturated heterocycles. The van der Waals surface area contributed by atoms with E-state index >= 15 is 0 Å². The van der Waals surface area contributed by atoms with E-state index in [0.29, 0.717) is 5.56 Å². The van der Waals surface area contributed by atoms with E-state index in [0.717, 1.165) is 17.3 Å². The number of nitrogens with zero attached hydrogens (tertiary/aromatic N) is 1. The van der Waals surface area contributed by atoms with Gasteiger partial charge in [-0.05, 0) is 24.1 Å². The second-order valence-electron chi connectivity index (χ2n) is 3.07. The van der Waals surface area contributed by atoms with Gasteiger partial charge in [0.25, 0.3) is 0 Å². The fourth-order valence-corrected chi connectivity index (χ4v) is 1.47. The van der Waals surface area contributed by atoms with Crippen molar-refractivity contribution >= 4 is 22.0 Å². The summed E-state index contributed by atoms with van der Waals surface area (Å²) in [4.78, 5) is 0. The van der Waals surface area contributed by atoms with E-state index in [-0.39, 0.29) is 12.2 Å². The molecule has 1 aromatic carbocycles. The number of hydrogen-bond acceptors (Lipinski definition) is 1. The van der Waals surface area contributed by atoms with Crippen LogP contribution in [-0.4, -0.2) is 5.33 Å². The van der Waals surface area contributed by atoms with Gasteiger partial charge in [-0.2, -0.15) is 5.26 Å². The Balaban J connectivity index is 2.83. The molecule has 0 aliphatic carbocycles. The highest BCUT2D eigenvalue weighted by Crippen LogP contribution is 2.12. The highest BCUT2D eigenvalue weighted by Gasteiger charge is 2.01. The second-order valence-corrected chi connectivity index (χ2v) is 3.86. The molecule has 1 rings (SSSR count). The van der Waals surface area contributed by atoms with E-state index < -0.39 is 0 Å². The summed E-state index contributed by atoms with van der Waals surface area (Å²) in [5.74, 6) is -0.311. The van der Waals surface area contributed by atoms with Crippen LogP contribution in [0.5, 0.6) is 0 Å². The average Bonchev–Trinajstić information content (AvgIpc) is 2.23. The molecule has 0 aliphatic rings. The molecule has 15 heavy (non-hydrogen) atoms. The van der Waals surface area contributed by atoms with Gasteiger partial charge in [-0.3, -0.25) is 0 Å². The lowest BCUT2D eigenvalue weighted by Crippen LogP contribution is -1.89. The first kappa shape index (κ1) is 11.9. The molecule has 0 saturated carbocycles. The molecule has 0 N–H and O–H groups in total. The predicted octanol–water partition coefficient (Wildman–Crippen LogP) is 3.69. The zero-order chi connectivity index (χ0) is 11.1. The molecular formula is C12H11BrFN. The maximum atomic E-state index is 13.2. The van der Waals surface area contributed by atoms with Crippen molar-refractivity contribution in [1.82, 2.24) is 0 Å². The van der Waals surface area contributed by atoms with Gasteiger partial charge in [0.2, 0.25) is 0 Å². The first-order valence-corrected chi connectivity index (χ1v) is 5.78. The Morgan fingerprint density at radius 3 is 2.93 bits per heavy atom. The van der Waals surface area contributed by atoms with Crippen LogP contribution in [0.2, 0.25) is 0 Å². The maximum absolute atomic E-state index is 13.2. The third-order valence-corrected chi connectivity index (χ3v) is 2.38. The van der Waals surface area contributed by atoms with Crippen LogP contribution in [0.3, 0.4) is 0 Å². The summed E-state index contributed by atoms with van der Waals surface area (Å²) >= 11 is 3.32. The van der Waals surface area contributed by atoms with Crippen LogP contribution in [0.4, 0.5) is 4.39 Å². The molecule has 0 amide bonds. The van der Waals surface area contributed by atoms with Crippen molar-refractivity contribution < 1.29 is 4.39 Å². The number of hydrogen-bond donors (Lipinski definition) is 0. The fraction of sp³-hybridized carbons (Fsp3) is 0.250. The molecule has 0 unspecified atom stereocenters. The second kappa shape index (κ2) is 6.36. The topological polar surface area (TPSA) is 23.8 Å². The normalized spacial score (nSPS) is 10.5. The number of rotatable bonds is 4. The van der Waals surface area contributed by atoms with Gasteiger partial charge in [-0.25, -0.2) is 4.39 Å². The maximum Gasteiger partial charge on any atom is 0.127 e. The van der Waals surface area contributed by atoms with Crippen LogP contribution in [0.15, 0.2) is 24.3 Å². The summed E-state index contributed by atoms with van der Waals surface area (Å²) in [6.45, 7) is 0. The zero-order valence-electron chi connectivity index (χ0n) is 8.21. The zero-order valence-corrected chi connectivity index (χ0v) is 9.80. The molecule has 0 aromatic heterocycles. The highest BCUT2D eigenvalue weighted by molar-refractivity contribution is 9.09. The summed E-state index contributed by atoms with van der Waals surface area (Å²) in [5, 5.41) is 9.42. The van der Waals surface area contributed by atoms with Crippen molar-refractivity contribution in [2.75, 3.05) is 5.33 Å². The van der Waals surface area contributed by atoms with Crippen LogP contribution in [0.25, 0.3) is 6.08 Å². The van der Waals surface area contributed by atoms with Crippen molar-refractivity contribution in [1.29, 1.82) is 5.26 Å². The van der Waals surface area contributed by atoms with Gasteiger partial charge in [-0.15, -0.1) is 0 Å². The van der Waals surface area contributed by atoms with Crippen LogP contribution in [0.1, 0.15) is 17.5 Å². The van der Waals surface area contributed by atoms with E-state index in [1.54, 1.807) is 12.1 Å². The summed E-state index contributed by atoms with van der Waals surface area (Å²) in [6, 6.07) is 6.77. The summed E-state index contributed by atoms with van der Waals surface area (Å²) in [6.07, 6.45) is 5.00. The van der Waals surface area contributed by atoms with E-state index in [1.807, 2.05) is 18.2 Å². The standard InChI is InChI=1S/C12H11BrFN/c13-7-2-1-3-10-4-5-12(14)11(9-10)6-8-15/h1,3-5,9H,2,6-7H2. The van der Waals surface area contributed by atoms with Crippen molar-refractivity contribution in [2.45, 2.75) is 12.8 Å². The van der Waals surface area contributed by atoms with Crippen LogP contribution >= 0.6 is 15.9 Å². The van der Waals surface area contributed by atoms with E-state index in [9.17, 15) is 4.39 Å². The lowest BCUT2D eigenvalue weighted by molar-refractivity contribution is 0.615. The molecule has 0 heterocycles. The Bertz CT molecular complexity index is 393. The minimum absolute atomic E-state index is 0.117. The van der Waals surface area contributed by atoms with Crippen LogP contribution in [0, 0.1) is 17.1 Å². The number of nitriles is 1. The SMILES string of the molecule is N#CCc1cc(C=CCCBr)ccc1F. The van der Waals surface area contributed by atoms with Gasteiger partial charge in [0.1, 0.15) is 5.82 Å². The van der Waals surface area contributed by atoms with Gasteiger partial charge in [0.15, 0.2) is 0 Å². The van der Waals surface area contributed by atoms with Crippen LogP contribution < -0.4 is 0 Å². The number of allylic oxidation sites excluding steroid dienone is 1. The van der Waals surface area contributed by atoms with Crippen LogP contribution in [-0.2, 0) is 6.42 Å². The van der Waals surface area contributed by atoms with Crippen molar-refractivity contribution in [3.8, 4) is 6.07 Å². The molecule has 0 aliphatic heterocycles. The molecule has 1 nitrogen and oxygen atoms in total. The molecular weight excluding hydrogens is 257 g/mol. The molecule has 1 aromatic rings. The Morgan fingerprint density at radius 2 is 2.27 bits per heavy atom. The summed E-state index contributed by atoms with van der Waals surface area (Å²) in [5.41, 5.74) is 1.39. The number of alkyl halides is 1. The molecule has 78 valence electrons. The third kappa shape index (κ3) is 3.85.